The number of anilines is 1. The molecule has 0 amide bonds. The smallest absolute Gasteiger partial charge is 0.0513 e. The molecule has 1 nitrogen and oxygen atoms in total. The van der Waals surface area contributed by atoms with Gasteiger partial charge in [-0.25, -0.2) is 0 Å². The Morgan fingerprint density at radius 2 is 1.52 bits per heavy atom. The lowest BCUT2D eigenvalue weighted by Gasteiger charge is -2.27. The van der Waals surface area contributed by atoms with Crippen LogP contribution in [0.2, 0.25) is 0 Å². The van der Waals surface area contributed by atoms with Crippen LogP contribution < -0.4 is 5.32 Å². The first-order valence-corrected chi connectivity index (χ1v) is 7.93. The van der Waals surface area contributed by atoms with Gasteiger partial charge in [0.05, 0.1) is 6.04 Å². The van der Waals surface area contributed by atoms with Crippen LogP contribution in [0.15, 0.2) is 54.6 Å². The predicted octanol–water partition coefficient (Wildman–Crippen LogP) is 5.94. The molecule has 0 saturated heterocycles. The van der Waals surface area contributed by atoms with Gasteiger partial charge >= 0.3 is 0 Å². The summed E-state index contributed by atoms with van der Waals surface area (Å²) < 4.78 is 0. The Bertz CT molecular complexity index is 552. The van der Waals surface area contributed by atoms with E-state index in [4.69, 9.17) is 0 Å². The van der Waals surface area contributed by atoms with E-state index >= 15 is 0 Å². The third kappa shape index (κ3) is 4.10. The molecular formula is C20H27N. The van der Waals surface area contributed by atoms with Crippen LogP contribution in [0, 0.1) is 0 Å². The average molecular weight is 281 g/mol. The Morgan fingerprint density at radius 3 is 2.14 bits per heavy atom. The van der Waals surface area contributed by atoms with Crippen LogP contribution in [-0.4, -0.2) is 0 Å². The summed E-state index contributed by atoms with van der Waals surface area (Å²) in [5, 5.41) is 3.77. The summed E-state index contributed by atoms with van der Waals surface area (Å²) in [4.78, 5) is 0. The zero-order valence-corrected chi connectivity index (χ0v) is 13.7. The van der Waals surface area contributed by atoms with Crippen molar-refractivity contribution >= 4 is 5.69 Å². The van der Waals surface area contributed by atoms with Crippen LogP contribution in [0.1, 0.15) is 57.7 Å². The molecule has 0 aliphatic carbocycles. The third-order valence-corrected chi connectivity index (χ3v) is 3.84. The molecule has 112 valence electrons. The van der Waals surface area contributed by atoms with Gasteiger partial charge in [0.2, 0.25) is 0 Å². The van der Waals surface area contributed by atoms with Gasteiger partial charge in [0.25, 0.3) is 0 Å². The minimum absolute atomic E-state index is 0.150. The number of benzene rings is 2. The average Bonchev–Trinajstić information content (AvgIpc) is 2.47. The highest BCUT2D eigenvalue weighted by Gasteiger charge is 2.19. The molecule has 1 atom stereocenters. The summed E-state index contributed by atoms with van der Waals surface area (Å²) in [6.45, 7) is 9.05. The Morgan fingerprint density at radius 1 is 0.905 bits per heavy atom. The standard InChI is InChI=1S/C20H27N/c1-5-11-18(16-12-7-6-8-13-16)21-19-15-10-9-14-17(19)20(2,3)4/h6-10,12-15,18,21H,5,11H2,1-4H3. The fourth-order valence-electron chi connectivity index (χ4n) is 2.75. The Hall–Kier alpha value is -1.76. The van der Waals surface area contributed by atoms with Crippen molar-refractivity contribution in [2.75, 3.05) is 5.32 Å². The molecule has 2 aromatic rings. The first kappa shape index (κ1) is 15.6. The van der Waals surface area contributed by atoms with E-state index in [1.807, 2.05) is 0 Å². The van der Waals surface area contributed by atoms with E-state index in [9.17, 15) is 0 Å². The quantitative estimate of drug-likeness (QED) is 0.715. The minimum atomic E-state index is 0.150. The number of hydrogen-bond donors (Lipinski definition) is 1. The van der Waals surface area contributed by atoms with Crippen molar-refractivity contribution in [3.63, 3.8) is 0 Å². The Kier molecular flexibility index (Phi) is 5.06. The number of rotatable bonds is 5. The van der Waals surface area contributed by atoms with Gasteiger partial charge in [-0.3, -0.25) is 0 Å². The molecule has 21 heavy (non-hydrogen) atoms. The van der Waals surface area contributed by atoms with Gasteiger partial charge in [-0.15, -0.1) is 0 Å². The van der Waals surface area contributed by atoms with Crippen molar-refractivity contribution in [3.05, 3.63) is 65.7 Å². The minimum Gasteiger partial charge on any atom is -0.378 e. The molecule has 1 N–H and O–H groups in total. The maximum absolute atomic E-state index is 3.77. The molecule has 0 fully saturated rings. The topological polar surface area (TPSA) is 12.0 Å². The van der Waals surface area contributed by atoms with Crippen molar-refractivity contribution in [1.82, 2.24) is 0 Å². The van der Waals surface area contributed by atoms with Crippen molar-refractivity contribution in [1.29, 1.82) is 0 Å². The van der Waals surface area contributed by atoms with E-state index < -0.39 is 0 Å². The monoisotopic (exact) mass is 281 g/mol. The summed E-state index contributed by atoms with van der Waals surface area (Å²) in [6, 6.07) is 19.8. The second-order valence-corrected chi connectivity index (χ2v) is 6.69. The van der Waals surface area contributed by atoms with Crippen LogP contribution in [-0.2, 0) is 5.41 Å². The molecule has 0 aliphatic heterocycles. The highest BCUT2D eigenvalue weighted by atomic mass is 14.9. The lowest BCUT2D eigenvalue weighted by Crippen LogP contribution is -2.17. The van der Waals surface area contributed by atoms with Gasteiger partial charge in [0.1, 0.15) is 0 Å². The van der Waals surface area contributed by atoms with Crippen molar-refractivity contribution in [2.24, 2.45) is 0 Å². The van der Waals surface area contributed by atoms with Gasteiger partial charge in [-0.2, -0.15) is 0 Å². The lowest BCUT2D eigenvalue weighted by molar-refractivity contribution is 0.588. The van der Waals surface area contributed by atoms with E-state index in [2.05, 4.69) is 87.6 Å². The molecule has 1 unspecified atom stereocenters. The van der Waals surface area contributed by atoms with Gasteiger partial charge < -0.3 is 5.32 Å². The number of hydrogen-bond acceptors (Lipinski definition) is 1. The van der Waals surface area contributed by atoms with E-state index in [1.165, 1.54) is 23.2 Å². The lowest BCUT2D eigenvalue weighted by atomic mass is 9.85. The highest BCUT2D eigenvalue weighted by molar-refractivity contribution is 5.55. The number of nitrogens with one attached hydrogen (secondary N) is 1. The van der Waals surface area contributed by atoms with Gasteiger partial charge in [0, 0.05) is 5.69 Å². The van der Waals surface area contributed by atoms with Crippen LogP contribution in [0.25, 0.3) is 0 Å². The summed E-state index contributed by atoms with van der Waals surface area (Å²) in [5.74, 6) is 0. The molecule has 0 aromatic heterocycles. The Balaban J connectivity index is 2.30. The van der Waals surface area contributed by atoms with Crippen molar-refractivity contribution in [3.8, 4) is 0 Å². The molecule has 0 saturated carbocycles. The summed E-state index contributed by atoms with van der Waals surface area (Å²) >= 11 is 0. The Labute approximate surface area is 129 Å². The van der Waals surface area contributed by atoms with E-state index in [1.54, 1.807) is 0 Å². The third-order valence-electron chi connectivity index (χ3n) is 3.84. The van der Waals surface area contributed by atoms with E-state index in [0.29, 0.717) is 6.04 Å². The summed E-state index contributed by atoms with van der Waals surface area (Å²) in [7, 11) is 0. The maximum atomic E-state index is 3.77. The predicted molar refractivity (Wildman–Crippen MR) is 92.9 cm³/mol. The molecule has 0 bridgehead atoms. The van der Waals surface area contributed by atoms with Crippen LogP contribution >= 0.6 is 0 Å². The summed E-state index contributed by atoms with van der Waals surface area (Å²) in [6.07, 6.45) is 2.31. The van der Waals surface area contributed by atoms with Crippen molar-refractivity contribution in [2.45, 2.75) is 52.0 Å². The summed E-state index contributed by atoms with van der Waals surface area (Å²) in [5.41, 5.74) is 4.15. The second-order valence-electron chi connectivity index (χ2n) is 6.69. The molecule has 1 heteroatoms. The highest BCUT2D eigenvalue weighted by Crippen LogP contribution is 2.32. The van der Waals surface area contributed by atoms with E-state index in [0.717, 1.165) is 6.42 Å². The molecule has 2 aromatic carbocycles. The molecule has 0 radical (unpaired) electrons. The van der Waals surface area contributed by atoms with Crippen LogP contribution in [0.4, 0.5) is 5.69 Å². The molecule has 2 rings (SSSR count). The zero-order valence-electron chi connectivity index (χ0n) is 13.7. The zero-order chi connectivity index (χ0) is 15.3. The van der Waals surface area contributed by atoms with Gasteiger partial charge in [-0.05, 0) is 29.0 Å². The maximum Gasteiger partial charge on any atom is 0.0513 e. The first-order chi connectivity index (χ1) is 10.0. The van der Waals surface area contributed by atoms with Gasteiger partial charge in [-0.1, -0.05) is 82.6 Å². The van der Waals surface area contributed by atoms with Crippen molar-refractivity contribution < 1.29 is 0 Å². The number of para-hydroxylation sites is 1. The molecule has 0 heterocycles. The normalized spacial score (nSPS) is 13.0. The van der Waals surface area contributed by atoms with E-state index in [-0.39, 0.29) is 5.41 Å². The fraction of sp³-hybridized carbons (Fsp3) is 0.400. The molecule has 0 aliphatic rings. The first-order valence-electron chi connectivity index (χ1n) is 7.93. The second kappa shape index (κ2) is 6.80. The molecule has 0 spiro atoms. The van der Waals surface area contributed by atoms with Crippen LogP contribution in [0.3, 0.4) is 0 Å². The van der Waals surface area contributed by atoms with Gasteiger partial charge in [0.15, 0.2) is 0 Å². The van der Waals surface area contributed by atoms with Crippen LogP contribution in [0.5, 0.6) is 0 Å². The largest absolute Gasteiger partial charge is 0.378 e. The SMILES string of the molecule is CCCC(Nc1ccccc1C(C)(C)C)c1ccccc1. The fourth-order valence-corrected chi connectivity index (χ4v) is 2.75. The molecular weight excluding hydrogens is 254 g/mol.